The van der Waals surface area contributed by atoms with Crippen molar-refractivity contribution in [3.63, 3.8) is 0 Å². The van der Waals surface area contributed by atoms with Gasteiger partial charge in [-0.3, -0.25) is 19.0 Å². The number of hydrogen-bond donors (Lipinski definition) is 2. The largest absolute Gasteiger partial charge is 0.469 e. The first-order valence-electron chi connectivity index (χ1n) is 9.92. The zero-order valence-corrected chi connectivity index (χ0v) is 17.3. The van der Waals surface area contributed by atoms with Crippen molar-refractivity contribution in [1.29, 1.82) is 0 Å². The maximum Gasteiger partial charge on any atom is 0.275 e. The highest BCUT2D eigenvalue weighted by atomic mass is 19.1. The highest BCUT2D eigenvalue weighted by Crippen LogP contribution is 2.41. The van der Waals surface area contributed by atoms with E-state index in [1.54, 1.807) is 50.7 Å². The molecule has 4 heterocycles. The molecule has 3 aromatic heterocycles. The molecule has 0 bridgehead atoms. The summed E-state index contributed by atoms with van der Waals surface area (Å²) in [5.74, 6) is 0.164. The van der Waals surface area contributed by atoms with Gasteiger partial charge in [-0.2, -0.15) is 10.2 Å². The molecule has 32 heavy (non-hydrogen) atoms. The number of rotatable bonds is 4. The fourth-order valence-electron chi connectivity index (χ4n) is 3.93. The van der Waals surface area contributed by atoms with Crippen LogP contribution in [0.15, 0.2) is 53.1 Å². The molecule has 0 spiro atoms. The molecule has 2 amide bonds. The Hall–Kier alpha value is -4.21. The van der Waals surface area contributed by atoms with Crippen molar-refractivity contribution < 1.29 is 18.4 Å². The number of amides is 2. The summed E-state index contributed by atoms with van der Waals surface area (Å²) in [6.07, 6.45) is 1.72. The van der Waals surface area contributed by atoms with Gasteiger partial charge in [0.25, 0.3) is 5.91 Å². The zero-order valence-electron chi connectivity index (χ0n) is 17.3. The van der Waals surface area contributed by atoms with Crippen molar-refractivity contribution in [1.82, 2.24) is 19.6 Å². The van der Waals surface area contributed by atoms with E-state index in [9.17, 15) is 14.0 Å². The third-order valence-corrected chi connectivity index (χ3v) is 5.45. The van der Waals surface area contributed by atoms with Crippen LogP contribution in [0.4, 0.5) is 16.0 Å². The monoisotopic (exact) mass is 434 g/mol. The number of halogens is 1. The summed E-state index contributed by atoms with van der Waals surface area (Å²) in [5, 5.41) is 14.4. The molecule has 4 aromatic rings. The van der Waals surface area contributed by atoms with Crippen LogP contribution >= 0.6 is 0 Å². The number of carbonyl (C=O) groups is 2. The number of benzene rings is 1. The summed E-state index contributed by atoms with van der Waals surface area (Å²) in [6.45, 7) is 0. The van der Waals surface area contributed by atoms with E-state index >= 15 is 0 Å². The maximum atomic E-state index is 13.2. The number of aryl methyl sites for hydroxylation is 2. The van der Waals surface area contributed by atoms with E-state index in [0.29, 0.717) is 39.9 Å². The molecule has 5 rings (SSSR count). The van der Waals surface area contributed by atoms with Gasteiger partial charge in [-0.25, -0.2) is 4.39 Å². The molecule has 0 saturated heterocycles. The summed E-state index contributed by atoms with van der Waals surface area (Å²) in [4.78, 5) is 25.3. The minimum Gasteiger partial charge on any atom is -0.469 e. The molecule has 0 fully saturated rings. The molecular formula is C22H19FN6O3. The Bertz CT molecular complexity index is 1320. The van der Waals surface area contributed by atoms with E-state index in [1.807, 2.05) is 0 Å². The third kappa shape index (κ3) is 3.35. The van der Waals surface area contributed by atoms with Gasteiger partial charge in [-0.1, -0.05) is 0 Å². The van der Waals surface area contributed by atoms with Crippen LogP contribution in [0.1, 0.15) is 34.2 Å². The van der Waals surface area contributed by atoms with Crippen LogP contribution in [0, 0.1) is 5.82 Å². The van der Waals surface area contributed by atoms with E-state index in [4.69, 9.17) is 4.42 Å². The van der Waals surface area contributed by atoms with Crippen molar-refractivity contribution in [2.24, 2.45) is 14.1 Å². The number of hydrogen-bond acceptors (Lipinski definition) is 5. The van der Waals surface area contributed by atoms with Crippen LogP contribution in [0.25, 0.3) is 11.3 Å². The fraction of sp³-hybridized carbons (Fsp3) is 0.182. The molecule has 1 atom stereocenters. The topological polar surface area (TPSA) is 107 Å². The summed E-state index contributed by atoms with van der Waals surface area (Å²) in [6, 6.07) is 11.1. The normalized spacial score (nSPS) is 15.3. The number of aromatic nitrogens is 4. The predicted octanol–water partition coefficient (Wildman–Crippen LogP) is 3.28. The number of furan rings is 1. The van der Waals surface area contributed by atoms with Crippen LogP contribution in [-0.2, 0) is 18.9 Å². The lowest BCUT2D eigenvalue weighted by atomic mass is 9.91. The molecule has 0 saturated carbocycles. The summed E-state index contributed by atoms with van der Waals surface area (Å²) < 4.78 is 21.7. The minimum absolute atomic E-state index is 0.157. The lowest BCUT2D eigenvalue weighted by Crippen LogP contribution is -2.25. The molecular weight excluding hydrogens is 415 g/mol. The maximum absolute atomic E-state index is 13.2. The quantitative estimate of drug-likeness (QED) is 0.513. The number of carbonyl (C=O) groups excluding carboxylic acids is 2. The number of nitrogens with zero attached hydrogens (tertiary/aromatic N) is 4. The van der Waals surface area contributed by atoms with Crippen molar-refractivity contribution in [2.75, 3.05) is 10.6 Å². The minimum atomic E-state index is -0.413. The van der Waals surface area contributed by atoms with Crippen LogP contribution < -0.4 is 10.6 Å². The second-order valence-corrected chi connectivity index (χ2v) is 7.55. The number of anilines is 2. The molecule has 162 valence electrons. The van der Waals surface area contributed by atoms with Gasteiger partial charge in [-0.15, -0.1) is 0 Å². The Balaban J connectivity index is 1.48. The van der Waals surface area contributed by atoms with Gasteiger partial charge in [0, 0.05) is 26.1 Å². The van der Waals surface area contributed by atoms with Crippen molar-refractivity contribution in [3.05, 3.63) is 71.6 Å². The van der Waals surface area contributed by atoms with Crippen molar-refractivity contribution in [3.8, 4) is 11.3 Å². The third-order valence-electron chi connectivity index (χ3n) is 5.45. The average Bonchev–Trinajstić information content (AvgIpc) is 3.49. The molecule has 1 aliphatic heterocycles. The zero-order chi connectivity index (χ0) is 22.4. The lowest BCUT2D eigenvalue weighted by molar-refractivity contribution is -0.116. The van der Waals surface area contributed by atoms with Gasteiger partial charge < -0.3 is 15.1 Å². The van der Waals surface area contributed by atoms with E-state index < -0.39 is 5.91 Å². The Morgan fingerprint density at radius 1 is 1.19 bits per heavy atom. The van der Waals surface area contributed by atoms with Gasteiger partial charge in [-0.05, 0) is 42.5 Å². The standard InChI is InChI=1S/C22H19FN6O3/c1-28-16(11-15(26-28)12-5-7-13(23)8-6-12)22(31)25-20-19-14(17-4-3-9-32-17)10-18(30)24-21(19)29(2)27-20/h3-9,11,14H,10H2,1-2H3,(H,24,30)(H,25,27,31)/t14-/m1/s1. The van der Waals surface area contributed by atoms with Gasteiger partial charge in [0.2, 0.25) is 5.91 Å². The number of fused-ring (bicyclic) bond motifs is 1. The molecule has 9 nitrogen and oxygen atoms in total. The van der Waals surface area contributed by atoms with Gasteiger partial charge in [0.05, 0.1) is 23.4 Å². The molecule has 0 unspecified atom stereocenters. The van der Waals surface area contributed by atoms with E-state index in [2.05, 4.69) is 20.8 Å². The summed E-state index contributed by atoms with van der Waals surface area (Å²) >= 11 is 0. The van der Waals surface area contributed by atoms with Crippen LogP contribution in [0.5, 0.6) is 0 Å². The SMILES string of the molecule is Cn1nc(-c2ccc(F)cc2)cc1C(=O)Nc1nn(C)c2c1[C@@H](c1ccco1)CC(=O)N2. The molecule has 0 aliphatic carbocycles. The summed E-state index contributed by atoms with van der Waals surface area (Å²) in [5.41, 5.74) is 2.22. The van der Waals surface area contributed by atoms with E-state index in [0.717, 1.165) is 0 Å². The van der Waals surface area contributed by atoms with Crippen LogP contribution in [0.2, 0.25) is 0 Å². The Labute approximate surface area is 181 Å². The molecule has 1 aromatic carbocycles. The van der Waals surface area contributed by atoms with E-state index in [-0.39, 0.29) is 24.1 Å². The molecule has 2 N–H and O–H groups in total. The molecule has 10 heteroatoms. The van der Waals surface area contributed by atoms with Crippen molar-refractivity contribution >= 4 is 23.5 Å². The first-order valence-corrected chi connectivity index (χ1v) is 9.92. The highest BCUT2D eigenvalue weighted by molar-refractivity contribution is 6.05. The van der Waals surface area contributed by atoms with E-state index in [1.165, 1.54) is 21.5 Å². The second kappa shape index (κ2) is 7.49. The average molecular weight is 434 g/mol. The fourth-order valence-corrected chi connectivity index (χ4v) is 3.93. The Kier molecular flexibility index (Phi) is 4.62. The van der Waals surface area contributed by atoms with Crippen LogP contribution in [-0.4, -0.2) is 31.4 Å². The molecule has 1 aliphatic rings. The summed E-state index contributed by atoms with van der Waals surface area (Å²) in [7, 11) is 3.34. The lowest BCUT2D eigenvalue weighted by Gasteiger charge is -2.22. The molecule has 0 radical (unpaired) electrons. The van der Waals surface area contributed by atoms with Crippen LogP contribution in [0.3, 0.4) is 0 Å². The first-order chi connectivity index (χ1) is 15.4. The highest BCUT2D eigenvalue weighted by Gasteiger charge is 2.35. The Morgan fingerprint density at radius 2 is 1.97 bits per heavy atom. The number of nitrogens with one attached hydrogen (secondary N) is 2. The smallest absolute Gasteiger partial charge is 0.275 e. The van der Waals surface area contributed by atoms with Gasteiger partial charge in [0.15, 0.2) is 5.82 Å². The second-order valence-electron chi connectivity index (χ2n) is 7.55. The van der Waals surface area contributed by atoms with Gasteiger partial charge >= 0.3 is 0 Å². The first kappa shape index (κ1) is 19.7. The van der Waals surface area contributed by atoms with Gasteiger partial charge in [0.1, 0.15) is 23.1 Å². The predicted molar refractivity (Wildman–Crippen MR) is 114 cm³/mol. The van der Waals surface area contributed by atoms with Crippen molar-refractivity contribution in [2.45, 2.75) is 12.3 Å². The Morgan fingerprint density at radius 3 is 2.69 bits per heavy atom.